The van der Waals surface area contributed by atoms with E-state index in [1.807, 2.05) is 44.2 Å². The maximum absolute atomic E-state index is 12.2. The van der Waals surface area contributed by atoms with E-state index in [1.54, 1.807) is 0 Å². The average molecular weight is 287 g/mol. The predicted octanol–water partition coefficient (Wildman–Crippen LogP) is 2.43. The van der Waals surface area contributed by atoms with Crippen molar-refractivity contribution in [1.82, 2.24) is 9.97 Å². The van der Waals surface area contributed by atoms with Gasteiger partial charge in [-0.1, -0.05) is 43.7 Å². The van der Waals surface area contributed by atoms with E-state index in [0.29, 0.717) is 24.4 Å². The lowest BCUT2D eigenvalue weighted by atomic mass is 10.1. The first kappa shape index (κ1) is 15.3. The molecule has 1 heterocycles. The lowest BCUT2D eigenvalue weighted by Gasteiger charge is -2.17. The van der Waals surface area contributed by atoms with Crippen molar-refractivity contribution in [3.63, 3.8) is 0 Å². The number of anilines is 1. The van der Waals surface area contributed by atoms with Gasteiger partial charge in [0.25, 0.3) is 5.56 Å². The minimum absolute atomic E-state index is 0.181. The maximum Gasteiger partial charge on any atom is 0.256 e. The zero-order valence-electron chi connectivity index (χ0n) is 12.4. The zero-order valence-corrected chi connectivity index (χ0v) is 12.4. The minimum Gasteiger partial charge on any atom is -0.383 e. The Balaban J connectivity index is 2.44. The van der Waals surface area contributed by atoms with Crippen molar-refractivity contribution in [2.24, 2.45) is 0 Å². The van der Waals surface area contributed by atoms with Crippen molar-refractivity contribution in [2.75, 3.05) is 12.3 Å². The van der Waals surface area contributed by atoms with Crippen LogP contribution in [-0.2, 0) is 11.2 Å². The molecule has 112 valence electrons. The summed E-state index contributed by atoms with van der Waals surface area (Å²) in [6.45, 7) is 4.42. The van der Waals surface area contributed by atoms with E-state index in [1.165, 1.54) is 0 Å². The molecule has 1 aromatic carbocycles. The Morgan fingerprint density at radius 2 is 2.00 bits per heavy atom. The number of nitrogen functional groups attached to an aromatic ring is 1. The predicted molar refractivity (Wildman–Crippen MR) is 83.2 cm³/mol. The van der Waals surface area contributed by atoms with Crippen LogP contribution in [0.3, 0.4) is 0 Å². The van der Waals surface area contributed by atoms with Gasteiger partial charge in [-0.3, -0.25) is 4.79 Å². The molecule has 2 rings (SSSR count). The summed E-state index contributed by atoms with van der Waals surface area (Å²) < 4.78 is 5.74. The molecule has 3 N–H and O–H groups in total. The molecule has 0 fully saturated rings. The van der Waals surface area contributed by atoms with Gasteiger partial charge in [-0.05, 0) is 18.9 Å². The van der Waals surface area contributed by atoms with E-state index in [0.717, 1.165) is 12.0 Å². The van der Waals surface area contributed by atoms with Crippen molar-refractivity contribution >= 4 is 5.82 Å². The Morgan fingerprint density at radius 3 is 2.57 bits per heavy atom. The number of aromatic amines is 1. The molecule has 2 aromatic rings. The van der Waals surface area contributed by atoms with Crippen molar-refractivity contribution in [1.29, 1.82) is 0 Å². The third-order valence-corrected chi connectivity index (χ3v) is 3.25. The molecule has 0 spiro atoms. The van der Waals surface area contributed by atoms with E-state index in [9.17, 15) is 4.79 Å². The molecule has 0 saturated carbocycles. The van der Waals surface area contributed by atoms with Gasteiger partial charge >= 0.3 is 0 Å². The standard InChI is InChI=1S/C16H21N3O2/c1-3-8-12-14(17)18-15(19-16(12)20)13(21-4-2)11-9-6-5-7-10-11/h5-7,9-10,13H,3-4,8H2,1-2H3,(H3,17,18,19,20). The highest BCUT2D eigenvalue weighted by molar-refractivity contribution is 5.39. The van der Waals surface area contributed by atoms with Gasteiger partial charge in [0.2, 0.25) is 0 Å². The van der Waals surface area contributed by atoms with Crippen LogP contribution in [0.1, 0.15) is 43.3 Å². The van der Waals surface area contributed by atoms with Gasteiger partial charge in [0, 0.05) is 6.61 Å². The zero-order chi connectivity index (χ0) is 15.2. The van der Waals surface area contributed by atoms with Gasteiger partial charge in [0.15, 0.2) is 0 Å². The topological polar surface area (TPSA) is 81.0 Å². The number of nitrogens with zero attached hydrogens (tertiary/aromatic N) is 1. The molecule has 1 unspecified atom stereocenters. The Kier molecular flexibility index (Phi) is 5.11. The van der Waals surface area contributed by atoms with Crippen molar-refractivity contribution in [3.05, 3.63) is 57.6 Å². The van der Waals surface area contributed by atoms with E-state index in [-0.39, 0.29) is 11.4 Å². The fraction of sp³-hybridized carbons (Fsp3) is 0.375. The van der Waals surface area contributed by atoms with Gasteiger partial charge in [0.05, 0.1) is 5.56 Å². The number of benzene rings is 1. The molecule has 1 atom stereocenters. The number of aromatic nitrogens is 2. The molecule has 21 heavy (non-hydrogen) atoms. The molecule has 0 aliphatic heterocycles. The lowest BCUT2D eigenvalue weighted by molar-refractivity contribution is 0.0850. The summed E-state index contributed by atoms with van der Waals surface area (Å²) in [6.07, 6.45) is 1.06. The Bertz CT molecular complexity index is 638. The summed E-state index contributed by atoms with van der Waals surface area (Å²) in [5.41, 5.74) is 7.23. The first-order chi connectivity index (χ1) is 10.2. The van der Waals surface area contributed by atoms with Gasteiger partial charge in [-0.2, -0.15) is 0 Å². The first-order valence-corrected chi connectivity index (χ1v) is 7.22. The molecule has 1 aromatic heterocycles. The summed E-state index contributed by atoms with van der Waals surface area (Å²) in [6, 6.07) is 9.66. The summed E-state index contributed by atoms with van der Waals surface area (Å²) in [5, 5.41) is 0. The number of hydrogen-bond acceptors (Lipinski definition) is 4. The molecule has 0 aliphatic carbocycles. The summed E-state index contributed by atoms with van der Waals surface area (Å²) in [5.74, 6) is 0.738. The van der Waals surface area contributed by atoms with Crippen LogP contribution in [0.4, 0.5) is 5.82 Å². The van der Waals surface area contributed by atoms with Crippen LogP contribution >= 0.6 is 0 Å². The quantitative estimate of drug-likeness (QED) is 0.855. The second kappa shape index (κ2) is 7.04. The van der Waals surface area contributed by atoms with Crippen LogP contribution in [0.25, 0.3) is 0 Å². The van der Waals surface area contributed by atoms with Crippen LogP contribution in [0.2, 0.25) is 0 Å². The normalized spacial score (nSPS) is 12.3. The lowest BCUT2D eigenvalue weighted by Crippen LogP contribution is -2.22. The number of rotatable bonds is 6. The number of hydrogen-bond donors (Lipinski definition) is 2. The second-order valence-corrected chi connectivity index (χ2v) is 4.81. The van der Waals surface area contributed by atoms with Crippen LogP contribution in [0.5, 0.6) is 0 Å². The van der Waals surface area contributed by atoms with Gasteiger partial charge in [-0.15, -0.1) is 0 Å². The van der Waals surface area contributed by atoms with Crippen LogP contribution < -0.4 is 11.3 Å². The van der Waals surface area contributed by atoms with Crippen LogP contribution in [0.15, 0.2) is 35.1 Å². The van der Waals surface area contributed by atoms with Crippen LogP contribution in [-0.4, -0.2) is 16.6 Å². The van der Waals surface area contributed by atoms with E-state index >= 15 is 0 Å². The molecule has 0 radical (unpaired) electrons. The molecule has 0 amide bonds. The largest absolute Gasteiger partial charge is 0.383 e. The molecular formula is C16H21N3O2. The molecule has 0 saturated heterocycles. The Labute approximate surface area is 124 Å². The maximum atomic E-state index is 12.2. The fourth-order valence-corrected chi connectivity index (χ4v) is 2.28. The average Bonchev–Trinajstić information content (AvgIpc) is 2.49. The number of nitrogens with one attached hydrogen (secondary N) is 1. The minimum atomic E-state index is -0.415. The molecule has 5 nitrogen and oxygen atoms in total. The second-order valence-electron chi connectivity index (χ2n) is 4.81. The van der Waals surface area contributed by atoms with Crippen LogP contribution in [0, 0.1) is 0 Å². The SMILES string of the molecule is CCCc1c(N)nc(C(OCC)c2ccccc2)[nH]c1=O. The fourth-order valence-electron chi connectivity index (χ4n) is 2.28. The monoisotopic (exact) mass is 287 g/mol. The Morgan fingerprint density at radius 1 is 1.29 bits per heavy atom. The van der Waals surface area contributed by atoms with Gasteiger partial charge in [-0.25, -0.2) is 4.98 Å². The smallest absolute Gasteiger partial charge is 0.256 e. The number of ether oxygens (including phenoxy) is 1. The third-order valence-electron chi connectivity index (χ3n) is 3.25. The van der Waals surface area contributed by atoms with Gasteiger partial charge < -0.3 is 15.5 Å². The van der Waals surface area contributed by atoms with E-state index in [4.69, 9.17) is 10.5 Å². The summed E-state index contributed by atoms with van der Waals surface area (Å²) >= 11 is 0. The number of nitrogens with two attached hydrogens (primary N) is 1. The van der Waals surface area contributed by atoms with Gasteiger partial charge in [0.1, 0.15) is 17.7 Å². The summed E-state index contributed by atoms with van der Waals surface area (Å²) in [7, 11) is 0. The van der Waals surface area contributed by atoms with Crippen molar-refractivity contribution in [3.8, 4) is 0 Å². The van der Waals surface area contributed by atoms with E-state index < -0.39 is 6.10 Å². The highest BCUT2D eigenvalue weighted by atomic mass is 16.5. The highest BCUT2D eigenvalue weighted by Gasteiger charge is 2.19. The molecule has 5 heteroatoms. The Hall–Kier alpha value is -2.14. The molecule has 0 aliphatic rings. The molecule has 0 bridgehead atoms. The van der Waals surface area contributed by atoms with Crippen molar-refractivity contribution in [2.45, 2.75) is 32.8 Å². The third kappa shape index (κ3) is 3.49. The van der Waals surface area contributed by atoms with E-state index in [2.05, 4.69) is 9.97 Å². The number of H-pyrrole nitrogens is 1. The summed E-state index contributed by atoms with van der Waals surface area (Å²) in [4.78, 5) is 19.3. The highest BCUT2D eigenvalue weighted by Crippen LogP contribution is 2.23. The molecular weight excluding hydrogens is 266 g/mol. The van der Waals surface area contributed by atoms with Crippen molar-refractivity contribution < 1.29 is 4.74 Å². The first-order valence-electron chi connectivity index (χ1n) is 7.22.